The van der Waals surface area contributed by atoms with Gasteiger partial charge in [0.1, 0.15) is 0 Å². The van der Waals surface area contributed by atoms with Gasteiger partial charge >= 0.3 is 0 Å². The zero-order valence-electron chi connectivity index (χ0n) is 12.5. The first-order valence-electron chi connectivity index (χ1n) is 7.59. The Morgan fingerprint density at radius 3 is 2.56 bits per heavy atom. The van der Waals surface area contributed by atoms with E-state index in [1.807, 2.05) is 0 Å². The van der Waals surface area contributed by atoms with Crippen molar-refractivity contribution in [1.29, 1.82) is 0 Å². The van der Waals surface area contributed by atoms with Gasteiger partial charge in [0.2, 0.25) is 0 Å². The summed E-state index contributed by atoms with van der Waals surface area (Å²) in [6.07, 6.45) is 8.05. The van der Waals surface area contributed by atoms with Crippen molar-refractivity contribution in [3.8, 4) is 0 Å². The third-order valence-electron chi connectivity index (χ3n) is 4.97. The van der Waals surface area contributed by atoms with Crippen LogP contribution in [0.3, 0.4) is 0 Å². The fourth-order valence-electron chi connectivity index (χ4n) is 3.43. The van der Waals surface area contributed by atoms with E-state index in [1.54, 1.807) is 0 Å². The van der Waals surface area contributed by atoms with Gasteiger partial charge in [0.05, 0.1) is 0 Å². The van der Waals surface area contributed by atoms with Gasteiger partial charge in [-0.15, -0.1) is 0 Å². The highest BCUT2D eigenvalue weighted by Crippen LogP contribution is 2.41. The van der Waals surface area contributed by atoms with Gasteiger partial charge in [-0.05, 0) is 31.9 Å². The molecule has 3 heteroatoms. The molecular weight excluding hydrogens is 240 g/mol. The van der Waals surface area contributed by atoms with Crippen LogP contribution >= 0.6 is 11.8 Å². The average molecular weight is 270 g/mol. The van der Waals surface area contributed by atoms with Gasteiger partial charge in [0, 0.05) is 36.5 Å². The van der Waals surface area contributed by atoms with Crippen LogP contribution < -0.4 is 5.32 Å². The zero-order valence-corrected chi connectivity index (χ0v) is 13.4. The molecule has 1 saturated heterocycles. The number of hydrogen-bond donors (Lipinski definition) is 1. The molecular formula is C15H30N2S. The van der Waals surface area contributed by atoms with Crippen molar-refractivity contribution < 1.29 is 0 Å². The van der Waals surface area contributed by atoms with Crippen LogP contribution in [0.25, 0.3) is 0 Å². The van der Waals surface area contributed by atoms with Crippen LogP contribution in [0.5, 0.6) is 0 Å². The van der Waals surface area contributed by atoms with Crippen molar-refractivity contribution in [2.75, 3.05) is 25.9 Å². The molecule has 2 rings (SSSR count). The third kappa shape index (κ3) is 3.23. The Balaban J connectivity index is 1.97. The van der Waals surface area contributed by atoms with Gasteiger partial charge in [-0.2, -0.15) is 11.8 Å². The molecule has 1 N–H and O–H groups in total. The van der Waals surface area contributed by atoms with Crippen molar-refractivity contribution >= 4 is 11.8 Å². The fraction of sp³-hybridized carbons (Fsp3) is 1.00. The van der Waals surface area contributed by atoms with E-state index in [9.17, 15) is 0 Å². The Morgan fingerprint density at radius 1 is 1.33 bits per heavy atom. The highest BCUT2D eigenvalue weighted by Gasteiger charge is 2.37. The lowest BCUT2D eigenvalue weighted by molar-refractivity contribution is 0.112. The average Bonchev–Trinajstić information content (AvgIpc) is 2.81. The summed E-state index contributed by atoms with van der Waals surface area (Å²) in [6.45, 7) is 10.8. The molecule has 2 nitrogen and oxygen atoms in total. The van der Waals surface area contributed by atoms with Gasteiger partial charge in [-0.1, -0.05) is 26.7 Å². The van der Waals surface area contributed by atoms with E-state index in [2.05, 4.69) is 49.0 Å². The first-order valence-corrected chi connectivity index (χ1v) is 8.81. The molecule has 0 amide bonds. The second kappa shape index (κ2) is 6.15. The Labute approximate surface area is 117 Å². The quantitative estimate of drug-likeness (QED) is 0.845. The summed E-state index contributed by atoms with van der Waals surface area (Å²) in [7, 11) is 0. The first-order chi connectivity index (χ1) is 8.56. The largest absolute Gasteiger partial charge is 0.311 e. The lowest BCUT2D eigenvalue weighted by Crippen LogP contribution is -2.59. The normalized spacial score (nSPS) is 33.2. The van der Waals surface area contributed by atoms with Crippen LogP contribution in [0.4, 0.5) is 0 Å². The molecule has 2 fully saturated rings. The Hall–Kier alpha value is 0.270. The third-order valence-corrected chi connectivity index (χ3v) is 6.38. The molecule has 1 aliphatic carbocycles. The molecule has 0 aromatic rings. The molecule has 2 atom stereocenters. The van der Waals surface area contributed by atoms with Gasteiger partial charge in [0.25, 0.3) is 0 Å². The van der Waals surface area contributed by atoms with Gasteiger partial charge in [-0.3, -0.25) is 4.90 Å². The van der Waals surface area contributed by atoms with Crippen LogP contribution in [0.2, 0.25) is 0 Å². The summed E-state index contributed by atoms with van der Waals surface area (Å²) in [5, 5.41) is 3.71. The Morgan fingerprint density at radius 2 is 2.00 bits per heavy atom. The number of nitrogens with zero attached hydrogens (tertiary/aromatic N) is 1. The van der Waals surface area contributed by atoms with Crippen molar-refractivity contribution in [3.05, 3.63) is 0 Å². The predicted molar refractivity (Wildman–Crippen MR) is 82.4 cm³/mol. The summed E-state index contributed by atoms with van der Waals surface area (Å²) in [4.78, 5) is 2.75. The van der Waals surface area contributed by atoms with E-state index in [0.29, 0.717) is 16.8 Å². The summed E-state index contributed by atoms with van der Waals surface area (Å²) in [6, 6.07) is 1.38. The van der Waals surface area contributed by atoms with E-state index >= 15 is 0 Å². The monoisotopic (exact) mass is 270 g/mol. The molecule has 106 valence electrons. The van der Waals surface area contributed by atoms with Crippen LogP contribution in [0.15, 0.2) is 0 Å². The topological polar surface area (TPSA) is 15.3 Å². The second-order valence-electron chi connectivity index (χ2n) is 6.63. The van der Waals surface area contributed by atoms with Crippen molar-refractivity contribution in [2.45, 2.75) is 63.3 Å². The molecule has 0 radical (unpaired) electrons. The van der Waals surface area contributed by atoms with Gasteiger partial charge in [-0.25, -0.2) is 0 Å². The Bertz CT molecular complexity index is 261. The minimum Gasteiger partial charge on any atom is -0.311 e. The van der Waals surface area contributed by atoms with Crippen LogP contribution in [-0.2, 0) is 0 Å². The standard InChI is InChI=1S/C15H30N2S/c1-12(2)14-10-17(13(3)9-16-14)11-15(18-4)7-5-6-8-15/h12-14,16H,5-11H2,1-4H3. The van der Waals surface area contributed by atoms with E-state index in [0.717, 1.165) is 12.5 Å². The molecule has 0 aromatic heterocycles. The highest BCUT2D eigenvalue weighted by molar-refractivity contribution is 8.00. The lowest BCUT2D eigenvalue weighted by Gasteiger charge is -2.44. The van der Waals surface area contributed by atoms with E-state index in [4.69, 9.17) is 0 Å². The molecule has 1 heterocycles. The molecule has 1 aliphatic heterocycles. The van der Waals surface area contributed by atoms with Crippen molar-refractivity contribution in [3.63, 3.8) is 0 Å². The minimum atomic E-state index is 0.563. The first kappa shape index (κ1) is 14.7. The molecule has 0 spiro atoms. The molecule has 2 unspecified atom stereocenters. The number of piperazine rings is 1. The zero-order chi connectivity index (χ0) is 13.2. The van der Waals surface area contributed by atoms with Gasteiger partial charge in [0.15, 0.2) is 0 Å². The summed E-state index contributed by atoms with van der Waals surface area (Å²) < 4.78 is 0.563. The maximum Gasteiger partial charge on any atom is 0.0284 e. The SMILES string of the molecule is CSC1(CN2CC(C(C)C)NCC2C)CCCC1. The summed E-state index contributed by atoms with van der Waals surface area (Å²) in [5.41, 5.74) is 0. The smallest absolute Gasteiger partial charge is 0.0284 e. The Kier molecular flexibility index (Phi) is 5.01. The number of hydrogen-bond acceptors (Lipinski definition) is 3. The van der Waals surface area contributed by atoms with Crippen molar-refractivity contribution in [2.24, 2.45) is 5.92 Å². The molecule has 1 saturated carbocycles. The summed E-state index contributed by atoms with van der Waals surface area (Å²) in [5.74, 6) is 0.744. The minimum absolute atomic E-state index is 0.563. The number of thioether (sulfide) groups is 1. The van der Waals surface area contributed by atoms with Crippen molar-refractivity contribution in [1.82, 2.24) is 10.2 Å². The van der Waals surface area contributed by atoms with Crippen LogP contribution in [0.1, 0.15) is 46.5 Å². The molecule has 0 bridgehead atoms. The number of nitrogens with one attached hydrogen (secondary N) is 1. The molecule has 0 aromatic carbocycles. The molecule has 2 aliphatic rings. The maximum atomic E-state index is 3.71. The van der Waals surface area contributed by atoms with E-state index in [1.165, 1.54) is 38.8 Å². The van der Waals surface area contributed by atoms with Crippen LogP contribution in [0, 0.1) is 5.92 Å². The second-order valence-corrected chi connectivity index (χ2v) is 7.91. The fourth-order valence-corrected chi connectivity index (χ4v) is 4.42. The lowest BCUT2D eigenvalue weighted by atomic mass is 9.97. The predicted octanol–water partition coefficient (Wildman–Crippen LogP) is 2.98. The van der Waals surface area contributed by atoms with E-state index in [-0.39, 0.29) is 0 Å². The maximum absolute atomic E-state index is 3.71. The van der Waals surface area contributed by atoms with E-state index < -0.39 is 0 Å². The highest BCUT2D eigenvalue weighted by atomic mass is 32.2. The number of rotatable bonds is 4. The van der Waals surface area contributed by atoms with Crippen LogP contribution in [-0.4, -0.2) is 47.6 Å². The van der Waals surface area contributed by atoms with Gasteiger partial charge < -0.3 is 5.32 Å². The molecule has 18 heavy (non-hydrogen) atoms. The summed E-state index contributed by atoms with van der Waals surface area (Å²) >= 11 is 2.12.